The van der Waals surface area contributed by atoms with Crippen molar-refractivity contribution in [2.24, 2.45) is 11.1 Å². The molecule has 0 unspecified atom stereocenters. The number of non-ortho nitro benzene ring substituents is 1. The summed E-state index contributed by atoms with van der Waals surface area (Å²) in [5.41, 5.74) is 0.674. The Bertz CT molecular complexity index is 1590. The number of nitro benzene ring substituents is 1. The topological polar surface area (TPSA) is 163 Å². The molecule has 13 nitrogen and oxygen atoms in total. The number of oxime groups is 1. The van der Waals surface area contributed by atoms with Crippen molar-refractivity contribution in [3.8, 4) is 5.69 Å². The van der Waals surface area contributed by atoms with Gasteiger partial charge in [-0.2, -0.15) is 5.10 Å². The maximum Gasteiger partial charge on any atom is 0.359 e. The van der Waals surface area contributed by atoms with Gasteiger partial charge in [-0.05, 0) is 39.0 Å². The lowest BCUT2D eigenvalue weighted by atomic mass is 9.92. The highest BCUT2D eigenvalue weighted by atomic mass is 16.7. The number of aryl methyl sites for hydroxylation is 1. The predicted molar refractivity (Wildman–Crippen MR) is 135 cm³/mol. The Kier molecular flexibility index (Phi) is 6.26. The second-order valence-electron chi connectivity index (χ2n) is 8.88. The summed E-state index contributed by atoms with van der Waals surface area (Å²) in [5, 5.41) is 19.3. The number of imide groups is 1. The number of benzene rings is 2. The number of anilines is 1. The minimum Gasteiger partial charge on any atom is -0.461 e. The summed E-state index contributed by atoms with van der Waals surface area (Å²) in [6, 6.07) is 12.2. The highest BCUT2D eigenvalue weighted by molar-refractivity contribution is 6.53. The number of fused-ring (bicyclic) bond motifs is 1. The van der Waals surface area contributed by atoms with Gasteiger partial charge in [0, 0.05) is 12.1 Å². The molecule has 3 aromatic rings. The first-order chi connectivity index (χ1) is 18.6. The highest BCUT2D eigenvalue weighted by Crippen LogP contribution is 2.36. The number of carbonyl (C=O) groups is 4. The van der Waals surface area contributed by atoms with Crippen molar-refractivity contribution < 1.29 is 33.7 Å². The average molecular weight is 531 g/mol. The molecule has 1 fully saturated rings. The van der Waals surface area contributed by atoms with Gasteiger partial charge in [-0.25, -0.2) is 14.4 Å². The van der Waals surface area contributed by atoms with Gasteiger partial charge in [0.1, 0.15) is 11.6 Å². The van der Waals surface area contributed by atoms with Crippen LogP contribution in [0.4, 0.5) is 11.4 Å². The fraction of sp³-hybridized carbons (Fsp3) is 0.231. The molecule has 0 bridgehead atoms. The van der Waals surface area contributed by atoms with E-state index in [9.17, 15) is 29.3 Å². The van der Waals surface area contributed by atoms with Crippen LogP contribution in [0.15, 0.2) is 53.7 Å². The number of nitrogens with zero attached hydrogens (tertiary/aromatic N) is 5. The standard InChI is InChI=1S/C26H21N5O8/c1-4-38-26(35)21-18(14(3)30(27-21)15-10-8-13(2)9-11-15)22(32)20-19-23(39-28-20)25(34)29(24(19)33)16-6-5-7-17(12-16)31(36)37/h5-12,19,23H,4H2,1-3H3/t19-,23-/m1/s1. The minimum absolute atomic E-state index is 0.0306. The van der Waals surface area contributed by atoms with E-state index in [0.717, 1.165) is 16.5 Å². The van der Waals surface area contributed by atoms with Crippen LogP contribution in [0.1, 0.15) is 39.0 Å². The summed E-state index contributed by atoms with van der Waals surface area (Å²) >= 11 is 0. The molecular formula is C26H21N5O8. The molecule has 0 N–H and O–H groups in total. The van der Waals surface area contributed by atoms with E-state index in [1.807, 2.05) is 19.1 Å². The summed E-state index contributed by atoms with van der Waals surface area (Å²) in [4.78, 5) is 69.6. The number of esters is 1. The Morgan fingerprint density at radius 1 is 1.08 bits per heavy atom. The van der Waals surface area contributed by atoms with Crippen LogP contribution in [0.3, 0.4) is 0 Å². The number of amides is 2. The largest absolute Gasteiger partial charge is 0.461 e. The van der Waals surface area contributed by atoms with Crippen molar-refractivity contribution in [1.29, 1.82) is 0 Å². The van der Waals surface area contributed by atoms with Gasteiger partial charge in [0.15, 0.2) is 5.69 Å². The number of ketones is 1. The van der Waals surface area contributed by atoms with Gasteiger partial charge < -0.3 is 9.57 Å². The van der Waals surface area contributed by atoms with Crippen LogP contribution in [0.25, 0.3) is 5.69 Å². The van der Waals surface area contributed by atoms with Gasteiger partial charge in [0.25, 0.3) is 11.6 Å². The van der Waals surface area contributed by atoms with Gasteiger partial charge in [0.2, 0.25) is 17.8 Å². The zero-order valence-electron chi connectivity index (χ0n) is 21.0. The van der Waals surface area contributed by atoms with Crippen molar-refractivity contribution in [3.05, 3.63) is 81.2 Å². The van der Waals surface area contributed by atoms with E-state index >= 15 is 0 Å². The molecular weight excluding hydrogens is 510 g/mol. The van der Waals surface area contributed by atoms with Crippen molar-refractivity contribution in [3.63, 3.8) is 0 Å². The third kappa shape index (κ3) is 4.13. The zero-order valence-corrected chi connectivity index (χ0v) is 21.0. The number of hydrogen-bond acceptors (Lipinski definition) is 10. The molecule has 2 amide bonds. The van der Waals surface area contributed by atoms with Gasteiger partial charge >= 0.3 is 5.97 Å². The van der Waals surface area contributed by atoms with Crippen LogP contribution >= 0.6 is 0 Å². The van der Waals surface area contributed by atoms with Crippen molar-refractivity contribution in [2.75, 3.05) is 11.5 Å². The normalized spacial score (nSPS) is 18.0. The van der Waals surface area contributed by atoms with Gasteiger partial charge in [-0.15, -0.1) is 0 Å². The number of rotatable bonds is 7. The highest BCUT2D eigenvalue weighted by Gasteiger charge is 2.58. The minimum atomic E-state index is -1.44. The monoisotopic (exact) mass is 531 g/mol. The number of aromatic nitrogens is 2. The first kappa shape index (κ1) is 25.4. The molecule has 0 saturated carbocycles. The first-order valence-electron chi connectivity index (χ1n) is 11.9. The molecule has 1 aromatic heterocycles. The molecule has 0 spiro atoms. The van der Waals surface area contributed by atoms with E-state index in [1.54, 1.807) is 26.0 Å². The average Bonchev–Trinajstić information content (AvgIpc) is 3.57. The summed E-state index contributed by atoms with van der Waals surface area (Å²) in [5.74, 6) is -4.76. The molecule has 2 atom stereocenters. The molecule has 0 aliphatic carbocycles. The van der Waals surface area contributed by atoms with E-state index in [2.05, 4.69) is 10.3 Å². The Morgan fingerprint density at radius 3 is 2.46 bits per heavy atom. The number of nitro groups is 1. The van der Waals surface area contributed by atoms with Crippen molar-refractivity contribution >= 4 is 40.7 Å². The molecule has 13 heteroatoms. The Hall–Kier alpha value is -5.20. The van der Waals surface area contributed by atoms with Crippen LogP contribution in [0.2, 0.25) is 0 Å². The Morgan fingerprint density at radius 2 is 1.79 bits per heavy atom. The smallest absolute Gasteiger partial charge is 0.359 e. The molecule has 2 aliphatic rings. The lowest BCUT2D eigenvalue weighted by Gasteiger charge is -2.15. The zero-order chi connectivity index (χ0) is 28.0. The summed E-state index contributed by atoms with van der Waals surface area (Å²) < 4.78 is 6.52. The predicted octanol–water partition coefficient (Wildman–Crippen LogP) is 2.70. The number of Topliss-reactive ketones (excluding diaryl/α,β-unsaturated/α-hetero) is 1. The fourth-order valence-corrected chi connectivity index (χ4v) is 4.55. The number of ether oxygens (including phenoxy) is 1. The summed E-state index contributed by atoms with van der Waals surface area (Å²) in [6.07, 6.45) is -1.44. The summed E-state index contributed by atoms with van der Waals surface area (Å²) in [7, 11) is 0. The molecule has 39 heavy (non-hydrogen) atoms. The lowest BCUT2D eigenvalue weighted by Crippen LogP contribution is -2.34. The quantitative estimate of drug-likeness (QED) is 0.147. The van der Waals surface area contributed by atoms with E-state index in [4.69, 9.17) is 9.57 Å². The second-order valence-corrected chi connectivity index (χ2v) is 8.88. The van der Waals surface area contributed by atoms with Crippen LogP contribution in [-0.4, -0.2) is 56.7 Å². The van der Waals surface area contributed by atoms with Crippen molar-refractivity contribution in [2.45, 2.75) is 26.9 Å². The van der Waals surface area contributed by atoms with Gasteiger partial charge in [-0.3, -0.25) is 24.5 Å². The van der Waals surface area contributed by atoms with Crippen LogP contribution in [0, 0.1) is 29.9 Å². The van der Waals surface area contributed by atoms with Gasteiger partial charge in [-0.1, -0.05) is 28.9 Å². The van der Waals surface area contributed by atoms with Crippen molar-refractivity contribution in [1.82, 2.24) is 9.78 Å². The van der Waals surface area contributed by atoms with Crippen LogP contribution in [-0.2, 0) is 19.2 Å². The van der Waals surface area contributed by atoms with Gasteiger partial charge in [0.05, 0.1) is 34.2 Å². The van der Waals surface area contributed by atoms with Crippen LogP contribution < -0.4 is 4.90 Å². The second kappa shape index (κ2) is 9.59. The Balaban J connectivity index is 1.54. The van der Waals surface area contributed by atoms with Crippen LogP contribution in [0.5, 0.6) is 0 Å². The molecule has 2 aliphatic heterocycles. The fourth-order valence-electron chi connectivity index (χ4n) is 4.55. The van der Waals surface area contributed by atoms with E-state index in [1.165, 1.54) is 22.9 Å². The Labute approximate surface area is 220 Å². The summed E-state index contributed by atoms with van der Waals surface area (Å²) in [6.45, 7) is 5.12. The number of carbonyl (C=O) groups excluding carboxylic acids is 4. The molecule has 1 saturated heterocycles. The maximum atomic E-state index is 13.8. The SMILES string of the molecule is CCOC(=O)c1nn(-c2ccc(C)cc2)c(C)c1C(=O)C1=NO[C@H]2C(=O)N(c3cccc([N+](=O)[O-])c3)C(=O)[C@H]12. The first-order valence-corrected chi connectivity index (χ1v) is 11.9. The molecule has 0 radical (unpaired) electrons. The maximum absolute atomic E-state index is 13.8. The van der Waals surface area contributed by atoms with E-state index in [0.29, 0.717) is 5.69 Å². The molecule has 2 aromatic carbocycles. The lowest BCUT2D eigenvalue weighted by molar-refractivity contribution is -0.384. The van der Waals surface area contributed by atoms with E-state index < -0.39 is 40.5 Å². The molecule has 3 heterocycles. The molecule has 5 rings (SSSR count). The third-order valence-electron chi connectivity index (χ3n) is 6.43. The van der Waals surface area contributed by atoms with E-state index in [-0.39, 0.29) is 40.6 Å². The number of hydrogen-bond donors (Lipinski definition) is 0. The molecule has 198 valence electrons. The third-order valence-corrected chi connectivity index (χ3v) is 6.43.